The van der Waals surface area contributed by atoms with Crippen LogP contribution in [0.4, 0.5) is 0 Å². The molecule has 98 valence electrons. The van der Waals surface area contributed by atoms with Crippen molar-refractivity contribution in [1.82, 2.24) is 5.32 Å². The fourth-order valence-electron chi connectivity index (χ4n) is 1.78. The van der Waals surface area contributed by atoms with Gasteiger partial charge in [0.15, 0.2) is 0 Å². The van der Waals surface area contributed by atoms with Crippen LogP contribution in [-0.4, -0.2) is 16.1 Å². The molecule has 0 radical (unpaired) electrons. The number of aliphatic hydroxyl groups excluding tert-OH is 1. The lowest BCUT2D eigenvalue weighted by Crippen LogP contribution is -2.22. The second-order valence-electron chi connectivity index (χ2n) is 4.18. The molecule has 0 aliphatic carbocycles. The second-order valence-corrected chi connectivity index (χ2v) is 4.18. The number of carbonyl (C=O) groups is 1. The molecule has 0 bridgehead atoms. The van der Waals surface area contributed by atoms with Crippen LogP contribution >= 0.6 is 0 Å². The maximum Gasteiger partial charge on any atom is 0.255 e. The molecule has 4 nitrogen and oxygen atoms in total. The van der Waals surface area contributed by atoms with Crippen LogP contribution in [0.1, 0.15) is 21.5 Å². The first-order valence-electron chi connectivity index (χ1n) is 5.95. The maximum atomic E-state index is 11.9. The third kappa shape index (κ3) is 3.33. The molecule has 1 amide bonds. The van der Waals surface area contributed by atoms with Crippen LogP contribution in [0.3, 0.4) is 0 Å². The molecule has 0 aromatic heterocycles. The molecule has 0 fully saturated rings. The van der Waals surface area contributed by atoms with Gasteiger partial charge < -0.3 is 15.5 Å². The Morgan fingerprint density at radius 2 is 1.79 bits per heavy atom. The number of nitrogens with one attached hydrogen (secondary N) is 1. The number of hydrogen-bond donors (Lipinski definition) is 3. The molecule has 2 rings (SSSR count). The molecule has 4 heteroatoms. The summed E-state index contributed by atoms with van der Waals surface area (Å²) in [6.07, 6.45) is 0. The van der Waals surface area contributed by atoms with Gasteiger partial charge in [-0.1, -0.05) is 36.4 Å². The zero-order valence-electron chi connectivity index (χ0n) is 10.3. The van der Waals surface area contributed by atoms with Gasteiger partial charge in [0, 0.05) is 6.54 Å². The van der Waals surface area contributed by atoms with Crippen molar-refractivity contribution in [2.24, 2.45) is 0 Å². The number of phenols is 1. The van der Waals surface area contributed by atoms with Crippen molar-refractivity contribution in [3.63, 3.8) is 0 Å². The second kappa shape index (κ2) is 6.02. The Hall–Kier alpha value is -2.33. The van der Waals surface area contributed by atoms with Crippen molar-refractivity contribution in [2.75, 3.05) is 0 Å². The largest absolute Gasteiger partial charge is 0.507 e. The first-order valence-corrected chi connectivity index (χ1v) is 5.95. The third-order valence-corrected chi connectivity index (χ3v) is 2.78. The number of hydrogen-bond acceptors (Lipinski definition) is 3. The summed E-state index contributed by atoms with van der Waals surface area (Å²) in [5.41, 5.74) is 1.95. The fraction of sp³-hybridized carbons (Fsp3) is 0.133. The molecule has 0 spiro atoms. The summed E-state index contributed by atoms with van der Waals surface area (Å²) in [5.74, 6) is -0.364. The number of amides is 1. The molecule has 3 N–H and O–H groups in total. The SMILES string of the molecule is O=C(NCc1cccc(CO)c1)c1ccccc1O. The Morgan fingerprint density at radius 3 is 2.53 bits per heavy atom. The molecule has 19 heavy (non-hydrogen) atoms. The Morgan fingerprint density at radius 1 is 1.05 bits per heavy atom. The summed E-state index contributed by atoms with van der Waals surface area (Å²) in [7, 11) is 0. The number of aromatic hydroxyl groups is 1. The summed E-state index contributed by atoms with van der Waals surface area (Å²) in [4.78, 5) is 11.9. The molecule has 0 atom stereocenters. The molecule has 0 heterocycles. The highest BCUT2D eigenvalue weighted by Crippen LogP contribution is 2.15. The molecular formula is C15H15NO3. The van der Waals surface area contributed by atoms with Crippen molar-refractivity contribution >= 4 is 5.91 Å². The van der Waals surface area contributed by atoms with E-state index in [0.29, 0.717) is 6.54 Å². The summed E-state index contributed by atoms with van der Waals surface area (Å²) in [5, 5.41) is 21.3. The first kappa shape index (κ1) is 13.1. The summed E-state index contributed by atoms with van der Waals surface area (Å²) in [6.45, 7) is 0.322. The number of phenolic OH excluding ortho intramolecular Hbond substituents is 1. The summed E-state index contributed by atoms with van der Waals surface area (Å²) < 4.78 is 0. The van der Waals surface area contributed by atoms with Crippen molar-refractivity contribution < 1.29 is 15.0 Å². The van der Waals surface area contributed by atoms with Gasteiger partial charge in [0.05, 0.1) is 12.2 Å². The van der Waals surface area contributed by atoms with Gasteiger partial charge in [-0.3, -0.25) is 4.79 Å². The van der Waals surface area contributed by atoms with Gasteiger partial charge in [-0.2, -0.15) is 0 Å². The van der Waals surface area contributed by atoms with Crippen molar-refractivity contribution in [3.05, 3.63) is 65.2 Å². The van der Waals surface area contributed by atoms with E-state index in [1.807, 2.05) is 24.3 Å². The number of rotatable bonds is 4. The monoisotopic (exact) mass is 257 g/mol. The van der Waals surface area contributed by atoms with E-state index in [-0.39, 0.29) is 23.8 Å². The number of aliphatic hydroxyl groups is 1. The number of carbonyl (C=O) groups excluding carboxylic acids is 1. The molecule has 0 saturated carbocycles. The zero-order chi connectivity index (χ0) is 13.7. The lowest BCUT2D eigenvalue weighted by Gasteiger charge is -2.07. The van der Waals surface area contributed by atoms with Crippen LogP contribution in [0.25, 0.3) is 0 Å². The average Bonchev–Trinajstić information content (AvgIpc) is 2.45. The van der Waals surface area contributed by atoms with Crippen molar-refractivity contribution in [2.45, 2.75) is 13.2 Å². The predicted molar refractivity (Wildman–Crippen MR) is 71.6 cm³/mol. The van der Waals surface area contributed by atoms with Gasteiger partial charge in [0.1, 0.15) is 5.75 Å². The number of para-hydroxylation sites is 1. The highest BCUT2D eigenvalue weighted by Gasteiger charge is 2.09. The van der Waals surface area contributed by atoms with Gasteiger partial charge in [-0.25, -0.2) is 0 Å². The van der Waals surface area contributed by atoms with E-state index in [1.54, 1.807) is 18.2 Å². The molecule has 2 aromatic carbocycles. The smallest absolute Gasteiger partial charge is 0.255 e. The predicted octanol–water partition coefficient (Wildman–Crippen LogP) is 1.81. The van der Waals surface area contributed by atoms with E-state index in [1.165, 1.54) is 6.07 Å². The minimum absolute atomic E-state index is 0.0265. The van der Waals surface area contributed by atoms with Crippen LogP contribution in [-0.2, 0) is 13.2 Å². The highest BCUT2D eigenvalue weighted by atomic mass is 16.3. The minimum Gasteiger partial charge on any atom is -0.507 e. The van der Waals surface area contributed by atoms with Crippen LogP contribution in [0, 0.1) is 0 Å². The number of benzene rings is 2. The molecule has 2 aromatic rings. The van der Waals surface area contributed by atoms with Crippen LogP contribution in [0.5, 0.6) is 5.75 Å². The van der Waals surface area contributed by atoms with Crippen molar-refractivity contribution in [1.29, 1.82) is 0 Å². The molecule has 0 unspecified atom stereocenters. The lowest BCUT2D eigenvalue weighted by molar-refractivity contribution is 0.0948. The topological polar surface area (TPSA) is 69.6 Å². The zero-order valence-corrected chi connectivity index (χ0v) is 10.3. The molecular weight excluding hydrogens is 242 g/mol. The first-order chi connectivity index (χ1) is 9.20. The highest BCUT2D eigenvalue weighted by molar-refractivity contribution is 5.96. The fourth-order valence-corrected chi connectivity index (χ4v) is 1.78. The Bertz CT molecular complexity index is 581. The van der Waals surface area contributed by atoms with Gasteiger partial charge in [-0.05, 0) is 23.3 Å². The molecule has 0 aliphatic rings. The van der Waals surface area contributed by atoms with Gasteiger partial charge >= 0.3 is 0 Å². The van der Waals surface area contributed by atoms with E-state index >= 15 is 0 Å². The van der Waals surface area contributed by atoms with E-state index < -0.39 is 0 Å². The quantitative estimate of drug-likeness (QED) is 0.782. The third-order valence-electron chi connectivity index (χ3n) is 2.78. The summed E-state index contributed by atoms with van der Waals surface area (Å²) in [6, 6.07) is 13.7. The summed E-state index contributed by atoms with van der Waals surface area (Å²) >= 11 is 0. The standard InChI is InChI=1S/C15H15NO3/c17-10-12-5-3-4-11(8-12)9-16-15(19)13-6-1-2-7-14(13)18/h1-8,17-18H,9-10H2,(H,16,19). The van der Waals surface area contributed by atoms with Crippen LogP contribution in [0.2, 0.25) is 0 Å². The van der Waals surface area contributed by atoms with Gasteiger partial charge in [0.25, 0.3) is 5.91 Å². The van der Waals surface area contributed by atoms with Crippen molar-refractivity contribution in [3.8, 4) is 5.75 Å². The Kier molecular flexibility index (Phi) is 4.15. The lowest BCUT2D eigenvalue weighted by atomic mass is 10.1. The minimum atomic E-state index is -0.326. The Labute approximate surface area is 111 Å². The molecule has 0 aliphatic heterocycles. The maximum absolute atomic E-state index is 11.9. The van der Waals surface area contributed by atoms with E-state index in [2.05, 4.69) is 5.32 Å². The van der Waals surface area contributed by atoms with E-state index in [0.717, 1.165) is 11.1 Å². The van der Waals surface area contributed by atoms with E-state index in [9.17, 15) is 9.90 Å². The Balaban J connectivity index is 2.02. The average molecular weight is 257 g/mol. The molecule has 0 saturated heterocycles. The van der Waals surface area contributed by atoms with Crippen LogP contribution < -0.4 is 5.32 Å². The van der Waals surface area contributed by atoms with E-state index in [4.69, 9.17) is 5.11 Å². The van der Waals surface area contributed by atoms with Gasteiger partial charge in [-0.15, -0.1) is 0 Å². The van der Waals surface area contributed by atoms with Gasteiger partial charge in [0.2, 0.25) is 0 Å². The normalized spacial score (nSPS) is 10.2. The van der Waals surface area contributed by atoms with Crippen LogP contribution in [0.15, 0.2) is 48.5 Å².